The molecule has 0 aliphatic carbocycles. The summed E-state index contributed by atoms with van der Waals surface area (Å²) in [6, 6.07) is -2.64. The molecule has 0 aromatic carbocycles. The largest absolute Gasteiger partial charge is 0.480 e. The Balaban J connectivity index is 4.58. The summed E-state index contributed by atoms with van der Waals surface area (Å²) in [5, 5.41) is 13.8. The van der Waals surface area contributed by atoms with Gasteiger partial charge in [-0.05, 0) is 25.4 Å². The number of hydrogen-bond donors (Lipinski definition) is 5. The van der Waals surface area contributed by atoms with Crippen LogP contribution in [-0.2, 0) is 14.4 Å². The van der Waals surface area contributed by atoms with Crippen LogP contribution in [-0.4, -0.2) is 58.8 Å². The van der Waals surface area contributed by atoms with Gasteiger partial charge in [-0.15, -0.1) is 0 Å². The number of thiol groups is 1. The van der Waals surface area contributed by atoms with Crippen LogP contribution in [0.3, 0.4) is 0 Å². The number of carboxylic acids is 1. The van der Waals surface area contributed by atoms with E-state index >= 15 is 0 Å². The van der Waals surface area contributed by atoms with Crippen molar-refractivity contribution in [1.82, 2.24) is 10.6 Å². The van der Waals surface area contributed by atoms with E-state index in [0.717, 1.165) is 0 Å². The van der Waals surface area contributed by atoms with Crippen molar-refractivity contribution in [2.45, 2.75) is 31.5 Å². The molecular weight excluding hydrogens is 302 g/mol. The molecule has 0 aromatic heterocycles. The van der Waals surface area contributed by atoms with Gasteiger partial charge in [-0.1, -0.05) is 0 Å². The van der Waals surface area contributed by atoms with E-state index in [1.807, 2.05) is 6.26 Å². The van der Waals surface area contributed by atoms with Crippen LogP contribution >= 0.6 is 24.4 Å². The van der Waals surface area contributed by atoms with Crippen LogP contribution in [0.2, 0.25) is 0 Å². The third kappa shape index (κ3) is 7.01. The van der Waals surface area contributed by atoms with Gasteiger partial charge in [0.1, 0.15) is 12.1 Å². The van der Waals surface area contributed by atoms with Crippen molar-refractivity contribution < 1.29 is 19.5 Å². The lowest BCUT2D eigenvalue weighted by Gasteiger charge is -2.20. The number of carboxylic acid groups (broad SMARTS) is 1. The fourth-order valence-electron chi connectivity index (χ4n) is 1.26. The molecule has 0 saturated heterocycles. The highest BCUT2D eigenvalue weighted by Crippen LogP contribution is 2.02. The molecule has 0 saturated carbocycles. The summed E-state index contributed by atoms with van der Waals surface area (Å²) >= 11 is 5.46. The van der Waals surface area contributed by atoms with Crippen LogP contribution in [0.1, 0.15) is 13.3 Å². The van der Waals surface area contributed by atoms with Crippen LogP contribution in [0.15, 0.2) is 0 Å². The van der Waals surface area contributed by atoms with Crippen molar-refractivity contribution in [3.8, 4) is 0 Å². The number of hydrogen-bond acceptors (Lipinski definition) is 6. The van der Waals surface area contributed by atoms with Crippen molar-refractivity contribution in [3.63, 3.8) is 0 Å². The number of amides is 2. The molecule has 0 aliphatic heterocycles. The van der Waals surface area contributed by atoms with E-state index in [4.69, 9.17) is 10.8 Å². The molecule has 5 N–H and O–H groups in total. The Kier molecular flexibility index (Phi) is 9.43. The quantitative estimate of drug-likeness (QED) is 0.350. The molecule has 0 bridgehead atoms. The first-order valence-corrected chi connectivity index (χ1v) is 8.05. The van der Waals surface area contributed by atoms with E-state index in [1.54, 1.807) is 0 Å². The maximum atomic E-state index is 11.9. The maximum absolute atomic E-state index is 11.9. The molecule has 0 heterocycles. The van der Waals surface area contributed by atoms with Gasteiger partial charge in [-0.3, -0.25) is 9.59 Å². The number of aliphatic carboxylic acids is 1. The van der Waals surface area contributed by atoms with E-state index in [-0.39, 0.29) is 5.75 Å². The van der Waals surface area contributed by atoms with Gasteiger partial charge >= 0.3 is 5.97 Å². The Morgan fingerprint density at radius 1 is 1.25 bits per heavy atom. The van der Waals surface area contributed by atoms with Crippen LogP contribution in [0, 0.1) is 0 Å². The second kappa shape index (κ2) is 9.89. The normalized spacial score (nSPS) is 15.0. The Labute approximate surface area is 127 Å². The maximum Gasteiger partial charge on any atom is 0.326 e. The second-order valence-electron chi connectivity index (χ2n) is 4.21. The van der Waals surface area contributed by atoms with E-state index in [9.17, 15) is 14.4 Å². The van der Waals surface area contributed by atoms with Crippen molar-refractivity contribution >= 4 is 42.2 Å². The van der Waals surface area contributed by atoms with Gasteiger partial charge in [0, 0.05) is 5.75 Å². The molecule has 7 nitrogen and oxygen atoms in total. The van der Waals surface area contributed by atoms with Gasteiger partial charge < -0.3 is 21.5 Å². The molecule has 0 spiro atoms. The summed E-state index contributed by atoms with van der Waals surface area (Å²) in [5.41, 5.74) is 5.39. The third-order valence-electron chi connectivity index (χ3n) is 2.45. The van der Waals surface area contributed by atoms with Crippen LogP contribution in [0.25, 0.3) is 0 Å². The molecule has 0 unspecified atom stereocenters. The standard InChI is InChI=1S/C11H21N3O4S2/c1-6(12)9(15)14-8(5-19)10(16)13-7(11(17)18)3-4-20-2/h6-8,19H,3-5,12H2,1-2H3,(H,13,16)(H,14,15)(H,17,18)/t6-,7-,8-/m0/s1. The minimum absolute atomic E-state index is 0.0547. The molecule has 20 heavy (non-hydrogen) atoms. The summed E-state index contributed by atoms with van der Waals surface area (Å²) in [6.07, 6.45) is 2.16. The highest BCUT2D eigenvalue weighted by atomic mass is 32.2. The van der Waals surface area contributed by atoms with Gasteiger partial charge in [-0.2, -0.15) is 24.4 Å². The van der Waals surface area contributed by atoms with E-state index in [2.05, 4.69) is 23.3 Å². The first kappa shape index (κ1) is 19.1. The molecule has 2 amide bonds. The number of carbonyl (C=O) groups excluding carboxylic acids is 2. The Hall–Kier alpha value is -0.930. The van der Waals surface area contributed by atoms with E-state index in [1.165, 1.54) is 18.7 Å². The van der Waals surface area contributed by atoms with Crippen molar-refractivity contribution in [2.24, 2.45) is 5.73 Å². The zero-order valence-electron chi connectivity index (χ0n) is 11.5. The molecular formula is C11H21N3O4S2. The lowest BCUT2D eigenvalue weighted by atomic mass is 10.2. The molecule has 0 aromatic rings. The van der Waals surface area contributed by atoms with Gasteiger partial charge in [0.15, 0.2) is 0 Å². The zero-order chi connectivity index (χ0) is 15.7. The number of carbonyl (C=O) groups is 3. The van der Waals surface area contributed by atoms with Crippen LogP contribution < -0.4 is 16.4 Å². The smallest absolute Gasteiger partial charge is 0.326 e. The Bertz CT molecular complexity index is 353. The SMILES string of the molecule is CSCC[C@H](NC(=O)[C@H](CS)NC(=O)[C@H](C)N)C(=O)O. The minimum atomic E-state index is -1.11. The predicted molar refractivity (Wildman–Crippen MR) is 82.0 cm³/mol. The first-order valence-electron chi connectivity index (χ1n) is 6.02. The van der Waals surface area contributed by atoms with Crippen LogP contribution in [0.4, 0.5) is 0 Å². The molecule has 3 atom stereocenters. The highest BCUT2D eigenvalue weighted by Gasteiger charge is 2.25. The average Bonchev–Trinajstić information content (AvgIpc) is 2.39. The number of nitrogens with one attached hydrogen (secondary N) is 2. The van der Waals surface area contributed by atoms with E-state index < -0.39 is 35.9 Å². The second-order valence-corrected chi connectivity index (χ2v) is 5.56. The molecule has 116 valence electrons. The summed E-state index contributed by atoms with van der Waals surface area (Å²) in [5.74, 6) is -1.52. The zero-order valence-corrected chi connectivity index (χ0v) is 13.2. The van der Waals surface area contributed by atoms with Gasteiger partial charge in [0.25, 0.3) is 0 Å². The summed E-state index contributed by atoms with van der Waals surface area (Å²) in [6.45, 7) is 1.49. The summed E-state index contributed by atoms with van der Waals surface area (Å²) in [7, 11) is 0. The summed E-state index contributed by atoms with van der Waals surface area (Å²) < 4.78 is 0. The predicted octanol–water partition coefficient (Wildman–Crippen LogP) is -0.929. The molecule has 0 aliphatic rings. The lowest BCUT2D eigenvalue weighted by molar-refractivity contribution is -0.142. The fraction of sp³-hybridized carbons (Fsp3) is 0.727. The van der Waals surface area contributed by atoms with Crippen molar-refractivity contribution in [3.05, 3.63) is 0 Å². The first-order chi connectivity index (χ1) is 9.33. The third-order valence-corrected chi connectivity index (χ3v) is 3.46. The van der Waals surface area contributed by atoms with Crippen LogP contribution in [0.5, 0.6) is 0 Å². The Morgan fingerprint density at radius 2 is 1.80 bits per heavy atom. The lowest BCUT2D eigenvalue weighted by Crippen LogP contribution is -2.54. The average molecular weight is 323 g/mol. The van der Waals surface area contributed by atoms with Crippen molar-refractivity contribution in [1.29, 1.82) is 0 Å². The topological polar surface area (TPSA) is 122 Å². The van der Waals surface area contributed by atoms with Gasteiger partial charge in [0.05, 0.1) is 6.04 Å². The monoisotopic (exact) mass is 323 g/mol. The molecule has 9 heteroatoms. The molecule has 0 fully saturated rings. The number of thioether (sulfide) groups is 1. The summed E-state index contributed by atoms with van der Waals surface area (Å²) in [4.78, 5) is 34.4. The Morgan fingerprint density at radius 3 is 2.20 bits per heavy atom. The highest BCUT2D eigenvalue weighted by molar-refractivity contribution is 7.98. The van der Waals surface area contributed by atoms with Gasteiger partial charge in [0.2, 0.25) is 11.8 Å². The number of rotatable bonds is 9. The van der Waals surface area contributed by atoms with E-state index in [0.29, 0.717) is 12.2 Å². The number of nitrogens with two attached hydrogens (primary N) is 1. The van der Waals surface area contributed by atoms with Gasteiger partial charge in [-0.25, -0.2) is 4.79 Å². The molecule has 0 rings (SSSR count). The minimum Gasteiger partial charge on any atom is -0.480 e. The fourth-order valence-corrected chi connectivity index (χ4v) is 1.99. The molecule has 0 radical (unpaired) electrons. The van der Waals surface area contributed by atoms with Crippen molar-refractivity contribution in [2.75, 3.05) is 17.8 Å².